The molecular formula is C16H18F2N2. The second kappa shape index (κ2) is 6.01. The summed E-state index contributed by atoms with van der Waals surface area (Å²) in [6.45, 7) is 2.09. The van der Waals surface area contributed by atoms with Crippen LogP contribution in [0.1, 0.15) is 24.1 Å². The average Bonchev–Trinajstić information content (AvgIpc) is 2.40. The second-order valence-electron chi connectivity index (χ2n) is 4.91. The summed E-state index contributed by atoms with van der Waals surface area (Å²) in [5.74, 6) is -0.642. The molecule has 2 rings (SSSR count). The minimum absolute atomic E-state index is 0.285. The number of rotatable bonds is 4. The van der Waals surface area contributed by atoms with Crippen LogP contribution in [0.15, 0.2) is 42.5 Å². The fourth-order valence-electron chi connectivity index (χ4n) is 2.26. The maximum Gasteiger partial charge on any atom is 0.146 e. The quantitative estimate of drug-likeness (QED) is 0.924. The Labute approximate surface area is 117 Å². The van der Waals surface area contributed by atoms with Gasteiger partial charge in [-0.25, -0.2) is 8.78 Å². The van der Waals surface area contributed by atoms with Gasteiger partial charge in [-0.15, -0.1) is 0 Å². The van der Waals surface area contributed by atoms with E-state index in [9.17, 15) is 8.78 Å². The highest BCUT2D eigenvalue weighted by Crippen LogP contribution is 2.28. The van der Waals surface area contributed by atoms with Gasteiger partial charge in [0, 0.05) is 25.2 Å². The van der Waals surface area contributed by atoms with Gasteiger partial charge in [-0.2, -0.15) is 0 Å². The Kier molecular flexibility index (Phi) is 4.35. The fraction of sp³-hybridized carbons (Fsp3) is 0.250. The summed E-state index contributed by atoms with van der Waals surface area (Å²) in [5, 5.41) is 0. The van der Waals surface area contributed by atoms with E-state index < -0.39 is 0 Å². The Hall–Kier alpha value is -1.94. The van der Waals surface area contributed by atoms with E-state index in [0.717, 1.165) is 0 Å². The Bertz CT molecular complexity index is 597. The van der Waals surface area contributed by atoms with Crippen LogP contribution in [-0.2, 0) is 6.54 Å². The summed E-state index contributed by atoms with van der Waals surface area (Å²) in [6.07, 6.45) is 0. The summed E-state index contributed by atoms with van der Waals surface area (Å²) in [4.78, 5) is 1.69. The lowest BCUT2D eigenvalue weighted by Gasteiger charge is -2.24. The molecule has 2 aromatic carbocycles. The first-order valence-electron chi connectivity index (χ1n) is 6.49. The molecule has 20 heavy (non-hydrogen) atoms. The van der Waals surface area contributed by atoms with Crippen molar-refractivity contribution in [2.24, 2.45) is 5.73 Å². The predicted octanol–water partition coefficient (Wildman–Crippen LogP) is 3.62. The van der Waals surface area contributed by atoms with Crippen LogP contribution in [0.5, 0.6) is 0 Å². The maximum absolute atomic E-state index is 14.1. The highest BCUT2D eigenvalue weighted by Gasteiger charge is 2.16. The van der Waals surface area contributed by atoms with Gasteiger partial charge in [-0.05, 0) is 24.6 Å². The van der Waals surface area contributed by atoms with Crippen LogP contribution >= 0.6 is 0 Å². The number of para-hydroxylation sites is 1. The molecule has 0 aliphatic rings. The summed E-state index contributed by atoms with van der Waals surface area (Å²) in [5.41, 5.74) is 7.53. The van der Waals surface area contributed by atoms with Crippen LogP contribution in [0.3, 0.4) is 0 Å². The van der Waals surface area contributed by atoms with Gasteiger partial charge in [0.15, 0.2) is 0 Å². The molecule has 0 fully saturated rings. The molecule has 1 atom stereocenters. The third-order valence-corrected chi connectivity index (χ3v) is 3.26. The number of hydrogen-bond acceptors (Lipinski definition) is 2. The normalized spacial score (nSPS) is 12.2. The molecule has 2 aromatic rings. The van der Waals surface area contributed by atoms with Crippen molar-refractivity contribution in [3.05, 3.63) is 65.2 Å². The standard InChI is InChI=1S/C16H18F2N2/c1-11(19)13-7-5-9-15(18)16(13)20(2)10-12-6-3-4-8-14(12)17/h3-9,11H,10,19H2,1-2H3/t11-/m0/s1. The Balaban J connectivity index is 2.34. The molecule has 0 aliphatic heterocycles. The average molecular weight is 276 g/mol. The van der Waals surface area contributed by atoms with Gasteiger partial charge in [0.25, 0.3) is 0 Å². The lowest BCUT2D eigenvalue weighted by Crippen LogP contribution is -2.22. The lowest BCUT2D eigenvalue weighted by molar-refractivity contribution is 0.598. The van der Waals surface area contributed by atoms with Crippen LogP contribution in [0.25, 0.3) is 0 Å². The van der Waals surface area contributed by atoms with Gasteiger partial charge in [-0.1, -0.05) is 30.3 Å². The van der Waals surface area contributed by atoms with Crippen molar-refractivity contribution in [3.63, 3.8) is 0 Å². The van der Waals surface area contributed by atoms with E-state index >= 15 is 0 Å². The maximum atomic E-state index is 14.1. The molecule has 0 aromatic heterocycles. The van der Waals surface area contributed by atoms with E-state index in [-0.39, 0.29) is 24.2 Å². The third-order valence-electron chi connectivity index (χ3n) is 3.26. The molecule has 0 amide bonds. The smallest absolute Gasteiger partial charge is 0.146 e. The number of benzene rings is 2. The van der Waals surface area contributed by atoms with Crippen molar-refractivity contribution < 1.29 is 8.78 Å². The third kappa shape index (κ3) is 2.96. The van der Waals surface area contributed by atoms with E-state index in [0.29, 0.717) is 16.8 Å². The van der Waals surface area contributed by atoms with Crippen molar-refractivity contribution >= 4 is 5.69 Å². The van der Waals surface area contributed by atoms with Crippen LogP contribution in [0, 0.1) is 11.6 Å². The molecule has 0 spiro atoms. The van der Waals surface area contributed by atoms with Crippen molar-refractivity contribution in [1.29, 1.82) is 0 Å². The molecule has 2 nitrogen and oxygen atoms in total. The minimum Gasteiger partial charge on any atom is -0.368 e. The zero-order valence-corrected chi connectivity index (χ0v) is 11.6. The second-order valence-corrected chi connectivity index (χ2v) is 4.91. The van der Waals surface area contributed by atoms with Crippen molar-refractivity contribution in [2.75, 3.05) is 11.9 Å². The lowest BCUT2D eigenvalue weighted by atomic mass is 10.0. The van der Waals surface area contributed by atoms with Gasteiger partial charge < -0.3 is 10.6 Å². The molecule has 0 heterocycles. The van der Waals surface area contributed by atoms with Crippen LogP contribution in [-0.4, -0.2) is 7.05 Å². The first-order chi connectivity index (χ1) is 9.50. The molecule has 0 saturated carbocycles. The van der Waals surface area contributed by atoms with E-state index in [1.807, 2.05) is 0 Å². The van der Waals surface area contributed by atoms with Crippen LogP contribution in [0.2, 0.25) is 0 Å². The van der Waals surface area contributed by atoms with E-state index in [1.165, 1.54) is 12.1 Å². The summed E-state index contributed by atoms with van der Waals surface area (Å²) in [7, 11) is 1.73. The van der Waals surface area contributed by atoms with Crippen molar-refractivity contribution in [3.8, 4) is 0 Å². The Morgan fingerprint density at radius 1 is 1.05 bits per heavy atom. The SMILES string of the molecule is C[C@H](N)c1cccc(F)c1N(C)Cc1ccccc1F. The van der Waals surface area contributed by atoms with E-state index in [1.54, 1.807) is 49.2 Å². The minimum atomic E-state index is -0.348. The monoisotopic (exact) mass is 276 g/mol. The zero-order chi connectivity index (χ0) is 14.7. The highest BCUT2D eigenvalue weighted by atomic mass is 19.1. The van der Waals surface area contributed by atoms with Gasteiger partial charge in [0.05, 0.1) is 5.69 Å². The summed E-state index contributed by atoms with van der Waals surface area (Å²) in [6, 6.07) is 11.0. The van der Waals surface area contributed by atoms with Gasteiger partial charge >= 0.3 is 0 Å². The number of nitrogens with zero attached hydrogens (tertiary/aromatic N) is 1. The largest absolute Gasteiger partial charge is 0.368 e. The molecule has 106 valence electrons. The molecule has 4 heteroatoms. The van der Waals surface area contributed by atoms with Crippen molar-refractivity contribution in [1.82, 2.24) is 0 Å². The number of anilines is 1. The van der Waals surface area contributed by atoms with Gasteiger partial charge in [0.1, 0.15) is 11.6 Å². The number of nitrogens with two attached hydrogens (primary N) is 1. The summed E-state index contributed by atoms with van der Waals surface area (Å²) >= 11 is 0. The molecule has 0 unspecified atom stereocenters. The van der Waals surface area contributed by atoms with Gasteiger partial charge in [-0.3, -0.25) is 0 Å². The summed E-state index contributed by atoms with van der Waals surface area (Å²) < 4.78 is 27.8. The van der Waals surface area contributed by atoms with Crippen LogP contribution < -0.4 is 10.6 Å². The molecule has 0 saturated heterocycles. The van der Waals surface area contributed by atoms with Crippen LogP contribution in [0.4, 0.5) is 14.5 Å². The molecule has 0 aliphatic carbocycles. The van der Waals surface area contributed by atoms with E-state index in [2.05, 4.69) is 0 Å². The first kappa shape index (κ1) is 14.5. The molecule has 2 N–H and O–H groups in total. The molecule has 0 bridgehead atoms. The van der Waals surface area contributed by atoms with E-state index in [4.69, 9.17) is 5.73 Å². The Morgan fingerprint density at radius 2 is 1.70 bits per heavy atom. The van der Waals surface area contributed by atoms with Gasteiger partial charge in [0.2, 0.25) is 0 Å². The number of hydrogen-bond donors (Lipinski definition) is 1. The number of halogens is 2. The fourth-order valence-corrected chi connectivity index (χ4v) is 2.26. The molecular weight excluding hydrogens is 258 g/mol. The topological polar surface area (TPSA) is 29.3 Å². The zero-order valence-electron chi connectivity index (χ0n) is 11.6. The molecule has 0 radical (unpaired) electrons. The Morgan fingerprint density at radius 3 is 2.35 bits per heavy atom. The van der Waals surface area contributed by atoms with Crippen molar-refractivity contribution in [2.45, 2.75) is 19.5 Å². The highest BCUT2D eigenvalue weighted by molar-refractivity contribution is 5.55. The first-order valence-corrected chi connectivity index (χ1v) is 6.49. The predicted molar refractivity (Wildman–Crippen MR) is 77.5 cm³/mol.